The summed E-state index contributed by atoms with van der Waals surface area (Å²) in [6.45, 7) is 4.26. The van der Waals surface area contributed by atoms with Crippen LogP contribution in [0.25, 0.3) is 0 Å². The molecule has 2 atom stereocenters. The van der Waals surface area contributed by atoms with Gasteiger partial charge in [0.1, 0.15) is 5.66 Å². The molecule has 1 aliphatic heterocycles. The second-order valence-electron chi connectivity index (χ2n) is 6.22. The quantitative estimate of drug-likeness (QED) is 0.780. The van der Waals surface area contributed by atoms with E-state index in [1.54, 1.807) is 0 Å². The third-order valence-electron chi connectivity index (χ3n) is 4.15. The minimum atomic E-state index is -0.652. The lowest BCUT2D eigenvalue weighted by Crippen LogP contribution is -2.44. The minimum Gasteiger partial charge on any atom is -0.333 e. The van der Waals surface area contributed by atoms with E-state index in [4.69, 9.17) is 5.73 Å². The number of rotatable bonds is 5. The lowest BCUT2D eigenvalue weighted by atomic mass is 10.0. The monoisotopic (exact) mass is 301 g/mol. The Hall–Kier alpha value is -1.85. The number of nitrogens with two attached hydrogens (primary N) is 1. The second kappa shape index (κ2) is 6.94. The number of benzene rings is 1. The molecule has 4 N–H and O–H groups in total. The summed E-state index contributed by atoms with van der Waals surface area (Å²) in [5, 5.41) is 6.44. The smallest absolute Gasteiger partial charge is 0.202 e. The Morgan fingerprint density at radius 2 is 2.09 bits per heavy atom. The van der Waals surface area contributed by atoms with Gasteiger partial charge in [-0.2, -0.15) is 0 Å². The van der Waals surface area contributed by atoms with Gasteiger partial charge in [0.05, 0.1) is 0 Å². The van der Waals surface area contributed by atoms with Crippen LogP contribution in [0.1, 0.15) is 25.3 Å². The number of aryl methyl sites for hydroxylation is 1. The molecule has 0 saturated carbocycles. The molecular weight excluding hydrogens is 274 g/mol. The predicted molar refractivity (Wildman–Crippen MR) is 93.8 cm³/mol. The van der Waals surface area contributed by atoms with Gasteiger partial charge < -0.3 is 21.3 Å². The second-order valence-corrected chi connectivity index (χ2v) is 6.22. The molecule has 1 aromatic carbocycles. The third kappa shape index (κ3) is 4.32. The predicted octanol–water partition coefficient (Wildman–Crippen LogP) is 2.27. The number of aliphatic imine (C=N–C) groups is 1. The van der Waals surface area contributed by atoms with E-state index >= 15 is 0 Å². The molecule has 0 radical (unpaired) electrons. The molecule has 0 saturated heterocycles. The van der Waals surface area contributed by atoms with Gasteiger partial charge in [-0.05, 0) is 58.5 Å². The van der Waals surface area contributed by atoms with Gasteiger partial charge in [0.2, 0.25) is 5.96 Å². The van der Waals surface area contributed by atoms with Crippen molar-refractivity contribution < 1.29 is 0 Å². The van der Waals surface area contributed by atoms with Crippen molar-refractivity contribution in [3.63, 3.8) is 0 Å². The number of hydrogen-bond donors (Lipinski definition) is 3. The fourth-order valence-electron chi connectivity index (χ4n) is 2.28. The van der Waals surface area contributed by atoms with Crippen molar-refractivity contribution in [2.75, 3.05) is 19.4 Å². The Kier molecular flexibility index (Phi) is 5.21. The SMILES string of the molecule is Cc1ccccc1NC1=NC(N)(CCC(C)N(C)C)C=CN1. The number of nitrogens with zero attached hydrogens (tertiary/aromatic N) is 2. The molecule has 0 aromatic heterocycles. The number of anilines is 1. The topological polar surface area (TPSA) is 65.7 Å². The molecule has 120 valence electrons. The highest BCUT2D eigenvalue weighted by Gasteiger charge is 2.25. The molecule has 2 rings (SSSR count). The van der Waals surface area contributed by atoms with Crippen LogP contribution in [-0.4, -0.2) is 36.7 Å². The molecule has 22 heavy (non-hydrogen) atoms. The first kappa shape index (κ1) is 16.5. The van der Waals surface area contributed by atoms with E-state index in [1.807, 2.05) is 30.5 Å². The lowest BCUT2D eigenvalue weighted by molar-refractivity contribution is 0.278. The summed E-state index contributed by atoms with van der Waals surface area (Å²) in [5.74, 6) is 0.691. The molecular formula is C17H27N5. The highest BCUT2D eigenvalue weighted by molar-refractivity contribution is 5.95. The summed E-state index contributed by atoms with van der Waals surface area (Å²) < 4.78 is 0. The molecule has 1 aliphatic rings. The normalized spacial score (nSPS) is 22.2. The Bertz CT molecular complexity index is 564. The first-order valence-corrected chi connectivity index (χ1v) is 7.72. The van der Waals surface area contributed by atoms with E-state index in [0.717, 1.165) is 18.5 Å². The zero-order chi connectivity index (χ0) is 16.2. The third-order valence-corrected chi connectivity index (χ3v) is 4.15. The minimum absolute atomic E-state index is 0.478. The van der Waals surface area contributed by atoms with Crippen molar-refractivity contribution in [1.82, 2.24) is 10.2 Å². The van der Waals surface area contributed by atoms with Crippen molar-refractivity contribution in [2.45, 2.75) is 38.4 Å². The average Bonchev–Trinajstić information content (AvgIpc) is 2.47. The fraction of sp³-hybridized carbons (Fsp3) is 0.471. The summed E-state index contributed by atoms with van der Waals surface area (Å²) in [6.07, 6.45) is 5.60. The highest BCUT2D eigenvalue weighted by Crippen LogP contribution is 2.20. The summed E-state index contributed by atoms with van der Waals surface area (Å²) in [4.78, 5) is 6.85. The highest BCUT2D eigenvalue weighted by atomic mass is 15.2. The van der Waals surface area contributed by atoms with Gasteiger partial charge in [-0.3, -0.25) is 0 Å². The van der Waals surface area contributed by atoms with E-state index in [1.165, 1.54) is 5.56 Å². The van der Waals surface area contributed by atoms with Crippen molar-refractivity contribution in [2.24, 2.45) is 10.7 Å². The van der Waals surface area contributed by atoms with E-state index in [-0.39, 0.29) is 0 Å². The zero-order valence-electron chi connectivity index (χ0n) is 13.9. The molecule has 5 heteroatoms. The molecule has 0 bridgehead atoms. The van der Waals surface area contributed by atoms with Crippen LogP contribution in [0.4, 0.5) is 5.69 Å². The summed E-state index contributed by atoms with van der Waals surface area (Å²) >= 11 is 0. The number of para-hydroxylation sites is 1. The van der Waals surface area contributed by atoms with Crippen LogP contribution in [-0.2, 0) is 0 Å². The number of hydrogen-bond acceptors (Lipinski definition) is 5. The standard InChI is InChI=1S/C17H27N5/c1-13-7-5-6-8-15(13)20-16-19-12-11-17(18,21-16)10-9-14(2)22(3)4/h5-8,11-12,14H,9-10,18H2,1-4H3,(H2,19,20,21). The summed E-state index contributed by atoms with van der Waals surface area (Å²) in [6, 6.07) is 8.60. The molecule has 1 heterocycles. The van der Waals surface area contributed by atoms with Gasteiger partial charge in [-0.1, -0.05) is 18.2 Å². The van der Waals surface area contributed by atoms with Gasteiger partial charge in [0, 0.05) is 17.9 Å². The number of nitrogens with one attached hydrogen (secondary N) is 2. The Morgan fingerprint density at radius 3 is 2.77 bits per heavy atom. The van der Waals surface area contributed by atoms with Gasteiger partial charge in [0.25, 0.3) is 0 Å². The van der Waals surface area contributed by atoms with Crippen LogP contribution in [0.2, 0.25) is 0 Å². The van der Waals surface area contributed by atoms with E-state index in [9.17, 15) is 0 Å². The largest absolute Gasteiger partial charge is 0.333 e. The Morgan fingerprint density at radius 1 is 1.36 bits per heavy atom. The summed E-state index contributed by atoms with van der Waals surface area (Å²) in [7, 11) is 4.17. The average molecular weight is 301 g/mol. The molecule has 0 fully saturated rings. The van der Waals surface area contributed by atoms with Crippen LogP contribution in [0.15, 0.2) is 41.5 Å². The van der Waals surface area contributed by atoms with Crippen molar-refractivity contribution in [1.29, 1.82) is 0 Å². The molecule has 2 unspecified atom stereocenters. The van der Waals surface area contributed by atoms with Crippen LogP contribution in [0, 0.1) is 6.92 Å². The van der Waals surface area contributed by atoms with Gasteiger partial charge in [-0.15, -0.1) is 0 Å². The van der Waals surface area contributed by atoms with Gasteiger partial charge in [0.15, 0.2) is 0 Å². The van der Waals surface area contributed by atoms with Crippen LogP contribution in [0.3, 0.4) is 0 Å². The molecule has 1 aromatic rings. The Balaban J connectivity index is 2.04. The Labute approximate surface area is 133 Å². The van der Waals surface area contributed by atoms with E-state index in [0.29, 0.717) is 12.0 Å². The molecule has 5 nitrogen and oxygen atoms in total. The van der Waals surface area contributed by atoms with Crippen molar-refractivity contribution >= 4 is 11.6 Å². The molecule has 0 aliphatic carbocycles. The fourth-order valence-corrected chi connectivity index (χ4v) is 2.28. The van der Waals surface area contributed by atoms with Gasteiger partial charge in [-0.25, -0.2) is 4.99 Å². The lowest BCUT2D eigenvalue weighted by Gasteiger charge is -2.29. The maximum atomic E-state index is 6.42. The van der Waals surface area contributed by atoms with E-state index < -0.39 is 5.66 Å². The maximum Gasteiger partial charge on any atom is 0.202 e. The maximum absolute atomic E-state index is 6.42. The first-order chi connectivity index (χ1) is 10.4. The molecule has 0 amide bonds. The first-order valence-electron chi connectivity index (χ1n) is 7.72. The summed E-state index contributed by atoms with van der Waals surface area (Å²) in [5.41, 5.74) is 7.97. The molecule has 0 spiro atoms. The van der Waals surface area contributed by atoms with Crippen molar-refractivity contribution in [3.05, 3.63) is 42.1 Å². The van der Waals surface area contributed by atoms with Crippen LogP contribution in [0.5, 0.6) is 0 Å². The van der Waals surface area contributed by atoms with E-state index in [2.05, 4.69) is 54.5 Å². The van der Waals surface area contributed by atoms with Crippen LogP contribution >= 0.6 is 0 Å². The van der Waals surface area contributed by atoms with Crippen molar-refractivity contribution in [3.8, 4) is 0 Å². The van der Waals surface area contributed by atoms with Gasteiger partial charge >= 0.3 is 0 Å². The zero-order valence-corrected chi connectivity index (χ0v) is 13.9. The number of guanidine groups is 1. The van der Waals surface area contributed by atoms with Crippen LogP contribution < -0.4 is 16.4 Å².